The number of aromatic hydroxyl groups is 1. The van der Waals surface area contributed by atoms with E-state index in [9.17, 15) is 5.11 Å². The van der Waals surface area contributed by atoms with Gasteiger partial charge in [0, 0.05) is 6.04 Å². The van der Waals surface area contributed by atoms with Gasteiger partial charge in [0.15, 0.2) is 0 Å². The van der Waals surface area contributed by atoms with Crippen molar-refractivity contribution in [2.24, 2.45) is 5.92 Å². The van der Waals surface area contributed by atoms with E-state index in [-0.39, 0.29) is 5.41 Å². The van der Waals surface area contributed by atoms with Gasteiger partial charge in [-0.3, -0.25) is 0 Å². The summed E-state index contributed by atoms with van der Waals surface area (Å²) in [5.41, 5.74) is 1.52. The summed E-state index contributed by atoms with van der Waals surface area (Å²) in [6.45, 7) is 7.29. The van der Waals surface area contributed by atoms with Crippen LogP contribution >= 0.6 is 0 Å². The summed E-state index contributed by atoms with van der Waals surface area (Å²) >= 11 is 0. The van der Waals surface area contributed by atoms with Crippen LogP contribution in [0.3, 0.4) is 0 Å². The molecule has 2 aliphatic rings. The van der Waals surface area contributed by atoms with Gasteiger partial charge >= 0.3 is 0 Å². The molecule has 3 rings (SSSR count). The zero-order valence-corrected chi connectivity index (χ0v) is 12.1. The second-order valence-electron chi connectivity index (χ2n) is 6.61. The van der Waals surface area contributed by atoms with Crippen LogP contribution in [0, 0.1) is 5.92 Å². The Morgan fingerprint density at radius 2 is 2.11 bits per heavy atom. The van der Waals surface area contributed by atoms with E-state index in [1.54, 1.807) is 6.07 Å². The number of fused-ring (bicyclic) bond motifs is 1. The van der Waals surface area contributed by atoms with Crippen molar-refractivity contribution in [1.82, 2.24) is 4.90 Å². The van der Waals surface area contributed by atoms with Crippen molar-refractivity contribution in [3.63, 3.8) is 0 Å². The Balaban J connectivity index is 1.91. The maximum Gasteiger partial charge on any atom is 0.115 e. The fourth-order valence-electron chi connectivity index (χ4n) is 4.16. The maximum absolute atomic E-state index is 9.77. The van der Waals surface area contributed by atoms with Gasteiger partial charge < -0.3 is 10.0 Å². The number of rotatable bonds is 1. The van der Waals surface area contributed by atoms with Gasteiger partial charge in [-0.2, -0.15) is 0 Å². The Hall–Kier alpha value is -1.02. The Bertz CT molecular complexity index is 458. The lowest BCUT2D eigenvalue weighted by atomic mass is 9.63. The molecule has 0 aliphatic carbocycles. The molecule has 3 atom stereocenters. The van der Waals surface area contributed by atoms with E-state index in [2.05, 4.69) is 24.8 Å². The molecule has 0 amide bonds. The number of phenolic OH excluding ortho intramolecular Hbond substituents is 1. The molecular weight excluding hydrogens is 234 g/mol. The molecule has 1 aromatic carbocycles. The topological polar surface area (TPSA) is 23.5 Å². The van der Waals surface area contributed by atoms with E-state index >= 15 is 0 Å². The first kappa shape index (κ1) is 13.0. The Kier molecular flexibility index (Phi) is 3.30. The number of piperidine rings is 2. The summed E-state index contributed by atoms with van der Waals surface area (Å²) in [6, 6.07) is 8.64. The molecular formula is C17H25NO. The molecule has 0 unspecified atom stereocenters. The molecule has 104 valence electrons. The minimum atomic E-state index is 0.206. The van der Waals surface area contributed by atoms with Gasteiger partial charge in [-0.25, -0.2) is 0 Å². The van der Waals surface area contributed by atoms with Gasteiger partial charge in [0.25, 0.3) is 0 Å². The molecule has 0 aromatic heterocycles. The van der Waals surface area contributed by atoms with E-state index in [0.29, 0.717) is 11.7 Å². The van der Waals surface area contributed by atoms with Crippen LogP contribution in [0.15, 0.2) is 24.3 Å². The van der Waals surface area contributed by atoms with Gasteiger partial charge in [-0.1, -0.05) is 32.4 Å². The molecule has 2 saturated heterocycles. The molecule has 2 aliphatic heterocycles. The predicted octanol–water partition coefficient (Wildman–Crippen LogP) is 3.54. The minimum absolute atomic E-state index is 0.206. The quantitative estimate of drug-likeness (QED) is 0.834. The van der Waals surface area contributed by atoms with Gasteiger partial charge in [-0.15, -0.1) is 0 Å². The highest BCUT2D eigenvalue weighted by atomic mass is 16.3. The third kappa shape index (κ3) is 2.16. The van der Waals surface area contributed by atoms with Crippen LogP contribution in [-0.4, -0.2) is 29.1 Å². The van der Waals surface area contributed by atoms with E-state index in [1.165, 1.54) is 44.3 Å². The molecule has 2 heterocycles. The van der Waals surface area contributed by atoms with Gasteiger partial charge in [-0.05, 0) is 61.4 Å². The van der Waals surface area contributed by atoms with E-state index in [4.69, 9.17) is 0 Å². The van der Waals surface area contributed by atoms with E-state index in [1.807, 2.05) is 12.1 Å². The highest BCUT2D eigenvalue weighted by Gasteiger charge is 2.44. The molecule has 0 saturated carbocycles. The number of benzene rings is 1. The molecule has 0 bridgehead atoms. The van der Waals surface area contributed by atoms with Crippen molar-refractivity contribution >= 4 is 0 Å². The highest BCUT2D eigenvalue weighted by molar-refractivity contribution is 5.34. The normalized spacial score (nSPS) is 35.9. The highest BCUT2D eigenvalue weighted by Crippen LogP contribution is 2.45. The summed E-state index contributed by atoms with van der Waals surface area (Å²) in [7, 11) is 0. The van der Waals surface area contributed by atoms with Crippen LogP contribution in [0.5, 0.6) is 5.75 Å². The third-order valence-corrected chi connectivity index (χ3v) is 5.67. The average Bonchev–Trinajstić information content (AvgIpc) is 2.43. The molecule has 2 nitrogen and oxygen atoms in total. The largest absolute Gasteiger partial charge is 0.508 e. The Morgan fingerprint density at radius 3 is 2.89 bits per heavy atom. The summed E-state index contributed by atoms with van der Waals surface area (Å²) in [6.07, 6.45) is 5.29. The Labute approximate surface area is 116 Å². The fraction of sp³-hybridized carbons (Fsp3) is 0.647. The SMILES string of the molecule is C[C@H]1[C@H]2CCCCN2CC[C@@]1(C)c1cccc(O)c1. The van der Waals surface area contributed by atoms with Crippen LogP contribution in [0.2, 0.25) is 0 Å². The Morgan fingerprint density at radius 1 is 1.26 bits per heavy atom. The molecule has 2 fully saturated rings. The minimum Gasteiger partial charge on any atom is -0.508 e. The maximum atomic E-state index is 9.77. The van der Waals surface area contributed by atoms with Gasteiger partial charge in [0.2, 0.25) is 0 Å². The first-order chi connectivity index (χ1) is 9.11. The summed E-state index contributed by atoms with van der Waals surface area (Å²) in [5.74, 6) is 1.06. The standard InChI is InChI=1S/C17H25NO/c1-13-16-8-3-4-10-18(16)11-9-17(13,2)14-6-5-7-15(19)12-14/h5-7,12-13,16,19H,3-4,8-11H2,1-2H3/t13-,16+,17+/m0/s1. The summed E-state index contributed by atoms with van der Waals surface area (Å²) < 4.78 is 0. The van der Waals surface area contributed by atoms with E-state index in [0.717, 1.165) is 6.04 Å². The molecule has 1 N–H and O–H groups in total. The van der Waals surface area contributed by atoms with Crippen LogP contribution in [0.4, 0.5) is 0 Å². The lowest BCUT2D eigenvalue weighted by molar-refractivity contribution is 0.0181. The van der Waals surface area contributed by atoms with Crippen LogP contribution in [-0.2, 0) is 5.41 Å². The average molecular weight is 259 g/mol. The first-order valence-corrected chi connectivity index (χ1v) is 7.65. The van der Waals surface area contributed by atoms with Gasteiger partial charge in [0.1, 0.15) is 5.75 Å². The third-order valence-electron chi connectivity index (χ3n) is 5.67. The molecule has 0 radical (unpaired) electrons. The van der Waals surface area contributed by atoms with Crippen molar-refractivity contribution < 1.29 is 5.11 Å². The molecule has 1 aromatic rings. The summed E-state index contributed by atoms with van der Waals surface area (Å²) in [5, 5.41) is 9.77. The molecule has 2 heteroatoms. The number of hydrogen-bond acceptors (Lipinski definition) is 2. The fourth-order valence-corrected chi connectivity index (χ4v) is 4.16. The monoisotopic (exact) mass is 259 g/mol. The van der Waals surface area contributed by atoms with Gasteiger partial charge in [0.05, 0.1) is 0 Å². The van der Waals surface area contributed by atoms with Crippen molar-refractivity contribution in [3.05, 3.63) is 29.8 Å². The van der Waals surface area contributed by atoms with Crippen molar-refractivity contribution in [2.75, 3.05) is 13.1 Å². The molecule has 19 heavy (non-hydrogen) atoms. The smallest absolute Gasteiger partial charge is 0.115 e. The van der Waals surface area contributed by atoms with Crippen molar-refractivity contribution in [2.45, 2.75) is 51.0 Å². The van der Waals surface area contributed by atoms with Crippen LogP contribution in [0.1, 0.15) is 45.1 Å². The zero-order valence-electron chi connectivity index (χ0n) is 12.1. The van der Waals surface area contributed by atoms with E-state index < -0.39 is 0 Å². The second kappa shape index (κ2) is 4.82. The first-order valence-electron chi connectivity index (χ1n) is 7.65. The molecule has 0 spiro atoms. The lowest BCUT2D eigenvalue weighted by Crippen LogP contribution is -2.55. The van der Waals surface area contributed by atoms with Crippen molar-refractivity contribution in [3.8, 4) is 5.75 Å². The zero-order chi connectivity index (χ0) is 13.5. The lowest BCUT2D eigenvalue weighted by Gasteiger charge is -2.52. The summed E-state index contributed by atoms with van der Waals surface area (Å²) in [4.78, 5) is 2.69. The number of phenols is 1. The predicted molar refractivity (Wildman–Crippen MR) is 78.5 cm³/mol. The van der Waals surface area contributed by atoms with Crippen LogP contribution < -0.4 is 0 Å². The van der Waals surface area contributed by atoms with Crippen molar-refractivity contribution in [1.29, 1.82) is 0 Å². The number of hydrogen-bond donors (Lipinski definition) is 1. The number of nitrogens with zero attached hydrogens (tertiary/aromatic N) is 1. The van der Waals surface area contributed by atoms with Crippen LogP contribution in [0.25, 0.3) is 0 Å². The second-order valence-corrected chi connectivity index (χ2v) is 6.61.